The second-order valence-electron chi connectivity index (χ2n) is 12.7. The van der Waals surface area contributed by atoms with Gasteiger partial charge in [0.2, 0.25) is 17.6 Å². The Kier molecular flexibility index (Phi) is 6.33. The van der Waals surface area contributed by atoms with Crippen LogP contribution >= 0.6 is 11.6 Å². The van der Waals surface area contributed by atoms with Gasteiger partial charge in [0, 0.05) is 21.5 Å². The number of rotatable bonds is 6. The summed E-state index contributed by atoms with van der Waals surface area (Å²) in [6.07, 6.45) is 4.44. The zero-order valence-corrected chi connectivity index (χ0v) is 25.4. The van der Waals surface area contributed by atoms with Crippen LogP contribution in [-0.2, 0) is 14.3 Å². The van der Waals surface area contributed by atoms with Crippen LogP contribution in [0.2, 0.25) is 5.02 Å². The zero-order valence-electron chi connectivity index (χ0n) is 24.6. The van der Waals surface area contributed by atoms with Gasteiger partial charge in [-0.05, 0) is 92.0 Å². The van der Waals surface area contributed by atoms with E-state index in [2.05, 4.69) is 12.2 Å². The number of pyridine rings is 1. The van der Waals surface area contributed by atoms with Gasteiger partial charge in [-0.3, -0.25) is 19.3 Å². The number of allylic oxidation sites excluding steroid dienone is 2. The summed E-state index contributed by atoms with van der Waals surface area (Å²) in [6.45, 7) is 3.46. The smallest absolute Gasteiger partial charge is 0.339 e. The predicted molar refractivity (Wildman–Crippen MR) is 170 cm³/mol. The molecule has 2 bridgehead atoms. The number of nitrogens with zero attached hydrogens (tertiary/aromatic N) is 2. The Morgan fingerprint density at radius 1 is 0.911 bits per heavy atom. The number of ether oxygens (including phenoxy) is 1. The van der Waals surface area contributed by atoms with Crippen LogP contribution in [0.5, 0.6) is 0 Å². The lowest BCUT2D eigenvalue weighted by Crippen LogP contribution is -2.40. The molecule has 2 saturated carbocycles. The zero-order chi connectivity index (χ0) is 31.1. The molecule has 0 spiro atoms. The van der Waals surface area contributed by atoms with Crippen LogP contribution in [0.1, 0.15) is 39.6 Å². The van der Waals surface area contributed by atoms with Gasteiger partial charge in [0.15, 0.2) is 6.10 Å². The molecule has 7 nitrogen and oxygen atoms in total. The molecule has 3 aromatic carbocycles. The Bertz CT molecular complexity index is 1930. The molecule has 1 saturated heterocycles. The number of aryl methyl sites for hydroxylation is 1. The summed E-state index contributed by atoms with van der Waals surface area (Å²) < 4.78 is 5.68. The average Bonchev–Trinajstić information content (AvgIpc) is 3.83. The van der Waals surface area contributed by atoms with Gasteiger partial charge in [-0.25, -0.2) is 9.78 Å². The standard InChI is InChI=1S/C37H29ClN2O5/c1-18-4-3-5-26-29(37(44)45-19(2)34(41)21-6-10-22(38)11-7-21)17-30(39-33(18)26)20-8-12-23(13-9-20)40-35(42)31-24-14-15-25(28-16-27(24)28)32(31)36(40)43/h3-15,17,19,24-25,27-28,31-32H,16H2,1-2H3. The summed E-state index contributed by atoms with van der Waals surface area (Å²) in [7, 11) is 0. The molecule has 0 N–H and O–H groups in total. The number of Topliss-reactive ketones (excluding diaryl/α,β-unsaturated/α-hetero) is 1. The van der Waals surface area contributed by atoms with Crippen molar-refractivity contribution in [2.45, 2.75) is 26.4 Å². The van der Waals surface area contributed by atoms with Gasteiger partial charge in [-0.1, -0.05) is 54.1 Å². The second-order valence-corrected chi connectivity index (χ2v) is 13.1. The number of hydrogen-bond donors (Lipinski definition) is 0. The van der Waals surface area contributed by atoms with E-state index in [1.165, 1.54) is 4.90 Å². The number of anilines is 1. The van der Waals surface area contributed by atoms with Crippen molar-refractivity contribution in [2.24, 2.45) is 35.5 Å². The molecule has 1 aromatic heterocycles. The molecule has 2 amide bonds. The van der Waals surface area contributed by atoms with Gasteiger partial charge >= 0.3 is 5.97 Å². The maximum atomic E-state index is 13.6. The van der Waals surface area contributed by atoms with E-state index in [1.54, 1.807) is 55.5 Å². The maximum Gasteiger partial charge on any atom is 0.339 e. The first-order valence-electron chi connectivity index (χ1n) is 15.3. The Morgan fingerprint density at radius 3 is 2.20 bits per heavy atom. The number of para-hydroxylation sites is 1. The largest absolute Gasteiger partial charge is 0.451 e. The fraction of sp³-hybridized carbons (Fsp3) is 0.270. The first kappa shape index (κ1) is 27.9. The molecule has 8 heteroatoms. The third kappa shape index (κ3) is 4.36. The Hall–Kier alpha value is -4.62. The summed E-state index contributed by atoms with van der Waals surface area (Å²) in [5.41, 5.74) is 3.98. The lowest BCUT2D eigenvalue weighted by molar-refractivity contribution is -0.124. The number of benzene rings is 3. The van der Waals surface area contributed by atoms with Crippen LogP contribution in [0.3, 0.4) is 0 Å². The fourth-order valence-corrected chi connectivity index (χ4v) is 7.95. The number of ketones is 1. The van der Waals surface area contributed by atoms with E-state index < -0.39 is 12.1 Å². The molecule has 2 heterocycles. The molecule has 7 unspecified atom stereocenters. The molecule has 0 radical (unpaired) electrons. The predicted octanol–water partition coefficient (Wildman–Crippen LogP) is 6.85. The lowest BCUT2D eigenvalue weighted by atomic mass is 9.63. The van der Waals surface area contributed by atoms with E-state index in [9.17, 15) is 19.2 Å². The number of imide groups is 1. The van der Waals surface area contributed by atoms with Crippen molar-refractivity contribution < 1.29 is 23.9 Å². The quantitative estimate of drug-likeness (QED) is 0.102. The van der Waals surface area contributed by atoms with Crippen molar-refractivity contribution in [1.29, 1.82) is 0 Å². The number of carbonyl (C=O) groups excluding carboxylic acids is 4. The minimum Gasteiger partial charge on any atom is -0.451 e. The summed E-state index contributed by atoms with van der Waals surface area (Å²) in [5, 5.41) is 1.12. The molecule has 224 valence electrons. The number of carbonyl (C=O) groups is 4. The van der Waals surface area contributed by atoms with Crippen molar-refractivity contribution in [1.82, 2.24) is 4.98 Å². The van der Waals surface area contributed by atoms with Gasteiger partial charge in [-0.15, -0.1) is 0 Å². The van der Waals surface area contributed by atoms with Gasteiger partial charge in [0.05, 0.1) is 34.3 Å². The fourth-order valence-electron chi connectivity index (χ4n) is 7.83. The molecule has 9 rings (SSSR count). The van der Waals surface area contributed by atoms with Crippen molar-refractivity contribution in [2.75, 3.05) is 4.90 Å². The second kappa shape index (κ2) is 10.2. The summed E-state index contributed by atoms with van der Waals surface area (Å²) >= 11 is 5.96. The molecule has 1 aliphatic heterocycles. The highest BCUT2D eigenvalue weighted by Gasteiger charge is 2.67. The molecular weight excluding hydrogens is 588 g/mol. The maximum absolute atomic E-state index is 13.6. The number of fused-ring (bicyclic) bond motifs is 1. The third-order valence-electron chi connectivity index (χ3n) is 10.1. The molecule has 7 atom stereocenters. The van der Waals surface area contributed by atoms with Crippen LogP contribution in [0.15, 0.2) is 84.9 Å². The first-order chi connectivity index (χ1) is 21.7. The van der Waals surface area contributed by atoms with Crippen LogP contribution in [-0.4, -0.2) is 34.7 Å². The monoisotopic (exact) mass is 616 g/mol. The van der Waals surface area contributed by atoms with E-state index in [4.69, 9.17) is 21.3 Å². The summed E-state index contributed by atoms with van der Waals surface area (Å²) in [6, 6.07) is 20.8. The Morgan fingerprint density at radius 2 is 1.56 bits per heavy atom. The molecule has 4 aromatic rings. The third-order valence-corrected chi connectivity index (χ3v) is 10.4. The molecule has 5 aliphatic rings. The highest BCUT2D eigenvalue weighted by atomic mass is 35.5. The topological polar surface area (TPSA) is 93.6 Å². The van der Waals surface area contributed by atoms with Crippen LogP contribution < -0.4 is 4.90 Å². The van der Waals surface area contributed by atoms with Gasteiger partial charge in [0.25, 0.3) is 0 Å². The number of amides is 2. The van der Waals surface area contributed by atoms with Crippen molar-refractivity contribution in [3.63, 3.8) is 0 Å². The summed E-state index contributed by atoms with van der Waals surface area (Å²) in [5.74, 6) is -0.286. The first-order valence-corrected chi connectivity index (χ1v) is 15.7. The van der Waals surface area contributed by atoms with E-state index in [0.717, 1.165) is 12.0 Å². The van der Waals surface area contributed by atoms with Crippen LogP contribution in [0.4, 0.5) is 5.69 Å². The highest BCUT2D eigenvalue weighted by molar-refractivity contribution is 6.30. The number of aromatic nitrogens is 1. The highest BCUT2D eigenvalue weighted by Crippen LogP contribution is 2.65. The van der Waals surface area contributed by atoms with E-state index in [0.29, 0.717) is 50.3 Å². The Labute approximate surface area is 264 Å². The SMILES string of the molecule is Cc1cccc2c(C(=O)OC(C)C(=O)c3ccc(Cl)cc3)cc(-c3ccc(N4C(=O)C5C6C=CC(C7CC67)C5C4=O)cc3)nc12. The van der Waals surface area contributed by atoms with Gasteiger partial charge < -0.3 is 4.74 Å². The number of halogens is 1. The van der Waals surface area contributed by atoms with E-state index >= 15 is 0 Å². The lowest BCUT2D eigenvalue weighted by Gasteiger charge is -2.37. The minimum atomic E-state index is -1.02. The molecular formula is C37H29ClN2O5. The van der Waals surface area contributed by atoms with Crippen molar-refractivity contribution >= 4 is 51.8 Å². The average molecular weight is 617 g/mol. The van der Waals surface area contributed by atoms with Crippen LogP contribution in [0.25, 0.3) is 22.2 Å². The molecule has 4 aliphatic carbocycles. The van der Waals surface area contributed by atoms with E-state index in [-0.39, 0.29) is 46.8 Å². The summed E-state index contributed by atoms with van der Waals surface area (Å²) in [4.78, 5) is 59.9. The number of esters is 1. The van der Waals surface area contributed by atoms with Gasteiger partial charge in [-0.2, -0.15) is 0 Å². The normalized spacial score (nSPS) is 26.5. The number of hydrogen-bond acceptors (Lipinski definition) is 6. The molecule has 3 fully saturated rings. The van der Waals surface area contributed by atoms with Crippen LogP contribution in [0, 0.1) is 42.4 Å². The van der Waals surface area contributed by atoms with E-state index in [1.807, 2.05) is 31.2 Å². The van der Waals surface area contributed by atoms with Crippen molar-refractivity contribution in [3.05, 3.63) is 107 Å². The van der Waals surface area contributed by atoms with Gasteiger partial charge in [0.1, 0.15) is 0 Å². The molecule has 45 heavy (non-hydrogen) atoms. The Balaban J connectivity index is 1.09. The minimum absolute atomic E-state index is 0.103. The van der Waals surface area contributed by atoms with Crippen molar-refractivity contribution in [3.8, 4) is 11.3 Å².